The molecule has 22 heavy (non-hydrogen) atoms. The Bertz CT molecular complexity index is 677. The Kier molecular flexibility index (Phi) is 5.62. The average molecular weight is 383 g/mol. The predicted molar refractivity (Wildman–Crippen MR) is 92.3 cm³/mol. The maximum Gasteiger partial charge on any atom is 0.252 e. The Balaban J connectivity index is 2.14. The second-order valence-corrected chi connectivity index (χ2v) is 6.40. The van der Waals surface area contributed by atoms with Crippen molar-refractivity contribution in [3.63, 3.8) is 0 Å². The molecule has 5 heteroatoms. The molecule has 0 aliphatic heterocycles. The molecule has 0 saturated carbocycles. The fraction of sp³-hybridized carbons (Fsp3) is 0.235. The molecular formula is C17H17BrClNO2. The highest BCUT2D eigenvalue weighted by Gasteiger charge is 2.27. The average Bonchev–Trinajstić information content (AvgIpc) is 2.52. The second-order valence-electron chi connectivity index (χ2n) is 5.11. The minimum Gasteiger partial charge on any atom is -0.372 e. The van der Waals surface area contributed by atoms with Gasteiger partial charge < -0.3 is 10.1 Å². The predicted octanol–water partition coefficient (Wildman–Crippen LogP) is 4.39. The molecule has 2 aromatic rings. The van der Waals surface area contributed by atoms with Crippen LogP contribution in [0.3, 0.4) is 0 Å². The molecule has 1 amide bonds. The van der Waals surface area contributed by atoms with Crippen LogP contribution in [0.25, 0.3) is 0 Å². The summed E-state index contributed by atoms with van der Waals surface area (Å²) in [6.07, 6.45) is 0. The van der Waals surface area contributed by atoms with Crippen LogP contribution < -0.4 is 5.32 Å². The molecule has 0 fully saturated rings. The van der Waals surface area contributed by atoms with Gasteiger partial charge in [-0.15, -0.1) is 0 Å². The van der Waals surface area contributed by atoms with Gasteiger partial charge >= 0.3 is 0 Å². The third-order valence-corrected chi connectivity index (χ3v) is 4.52. The SMILES string of the molecule is COC(C)(CNC(=O)c1ccccc1Br)c1cccc(Cl)c1. The number of ether oxygens (including phenoxy) is 1. The van der Waals surface area contributed by atoms with E-state index in [4.69, 9.17) is 16.3 Å². The number of benzene rings is 2. The zero-order valence-electron chi connectivity index (χ0n) is 12.4. The quantitative estimate of drug-likeness (QED) is 0.832. The Labute approximate surface area is 143 Å². The van der Waals surface area contributed by atoms with E-state index in [0.717, 1.165) is 10.0 Å². The zero-order chi connectivity index (χ0) is 16.2. The first-order valence-corrected chi connectivity index (χ1v) is 7.97. The van der Waals surface area contributed by atoms with Crippen molar-refractivity contribution in [2.75, 3.05) is 13.7 Å². The van der Waals surface area contributed by atoms with Gasteiger partial charge in [0.15, 0.2) is 0 Å². The van der Waals surface area contributed by atoms with Crippen molar-refractivity contribution in [3.8, 4) is 0 Å². The number of carbonyl (C=O) groups excluding carboxylic acids is 1. The monoisotopic (exact) mass is 381 g/mol. The summed E-state index contributed by atoms with van der Waals surface area (Å²) in [5, 5.41) is 3.55. The summed E-state index contributed by atoms with van der Waals surface area (Å²) in [4.78, 5) is 12.3. The number of amides is 1. The second kappa shape index (κ2) is 7.27. The summed E-state index contributed by atoms with van der Waals surface area (Å²) in [6, 6.07) is 14.7. The Morgan fingerprint density at radius 3 is 2.64 bits per heavy atom. The number of hydrogen-bond donors (Lipinski definition) is 1. The van der Waals surface area contributed by atoms with Gasteiger partial charge in [-0.2, -0.15) is 0 Å². The maximum atomic E-state index is 12.3. The van der Waals surface area contributed by atoms with Crippen LogP contribution in [0.1, 0.15) is 22.8 Å². The lowest BCUT2D eigenvalue weighted by Crippen LogP contribution is -2.40. The van der Waals surface area contributed by atoms with Gasteiger partial charge in [0.2, 0.25) is 0 Å². The molecule has 2 aromatic carbocycles. The fourth-order valence-corrected chi connectivity index (χ4v) is 2.75. The normalized spacial score (nSPS) is 13.5. The number of carbonyl (C=O) groups is 1. The minimum atomic E-state index is -0.651. The van der Waals surface area contributed by atoms with E-state index in [1.165, 1.54) is 0 Å². The number of rotatable bonds is 5. The molecule has 2 rings (SSSR count). The standard InChI is InChI=1S/C17H17BrClNO2/c1-17(22-2,12-6-5-7-13(19)10-12)11-20-16(21)14-8-3-4-9-15(14)18/h3-10H,11H2,1-2H3,(H,20,21). The molecular weight excluding hydrogens is 366 g/mol. The molecule has 0 saturated heterocycles. The van der Waals surface area contributed by atoms with Crippen LogP contribution in [0.4, 0.5) is 0 Å². The fourth-order valence-electron chi connectivity index (χ4n) is 2.10. The topological polar surface area (TPSA) is 38.3 Å². The molecule has 1 atom stereocenters. The van der Waals surface area contributed by atoms with Crippen LogP contribution in [0.2, 0.25) is 5.02 Å². The van der Waals surface area contributed by atoms with Gasteiger partial charge in [0.05, 0.1) is 12.1 Å². The summed E-state index contributed by atoms with van der Waals surface area (Å²) in [5.41, 5.74) is 0.851. The molecule has 0 aliphatic rings. The molecule has 116 valence electrons. The van der Waals surface area contributed by atoms with Gasteiger partial charge in [-0.1, -0.05) is 35.9 Å². The molecule has 0 bridgehead atoms. The summed E-state index contributed by atoms with van der Waals surface area (Å²) >= 11 is 9.42. The van der Waals surface area contributed by atoms with Crippen molar-refractivity contribution >= 4 is 33.4 Å². The van der Waals surface area contributed by atoms with Gasteiger partial charge in [-0.3, -0.25) is 4.79 Å². The van der Waals surface area contributed by atoms with E-state index in [1.807, 2.05) is 43.3 Å². The highest BCUT2D eigenvalue weighted by Crippen LogP contribution is 2.26. The van der Waals surface area contributed by atoms with Crippen molar-refractivity contribution in [3.05, 3.63) is 69.2 Å². The van der Waals surface area contributed by atoms with E-state index in [-0.39, 0.29) is 5.91 Å². The first kappa shape index (κ1) is 17.0. The van der Waals surface area contributed by atoms with Crippen LogP contribution in [0.15, 0.2) is 53.0 Å². The molecule has 3 nitrogen and oxygen atoms in total. The van der Waals surface area contributed by atoms with Crippen molar-refractivity contribution in [2.45, 2.75) is 12.5 Å². The van der Waals surface area contributed by atoms with Gasteiger partial charge in [0.25, 0.3) is 5.91 Å². The third-order valence-electron chi connectivity index (χ3n) is 3.59. The van der Waals surface area contributed by atoms with E-state index >= 15 is 0 Å². The smallest absolute Gasteiger partial charge is 0.252 e. The number of hydrogen-bond acceptors (Lipinski definition) is 2. The summed E-state index contributed by atoms with van der Waals surface area (Å²) in [7, 11) is 1.62. The van der Waals surface area contributed by atoms with Crippen LogP contribution in [-0.4, -0.2) is 19.6 Å². The lowest BCUT2D eigenvalue weighted by molar-refractivity contribution is 0.00315. The number of nitrogens with one attached hydrogen (secondary N) is 1. The van der Waals surface area contributed by atoms with Gasteiger partial charge in [-0.25, -0.2) is 0 Å². The Hall–Kier alpha value is -1.36. The Morgan fingerprint density at radius 2 is 2.00 bits per heavy atom. The van der Waals surface area contributed by atoms with E-state index in [0.29, 0.717) is 17.1 Å². The highest BCUT2D eigenvalue weighted by atomic mass is 79.9. The maximum absolute atomic E-state index is 12.3. The van der Waals surface area contributed by atoms with Gasteiger partial charge in [-0.05, 0) is 52.7 Å². The van der Waals surface area contributed by atoms with E-state index in [1.54, 1.807) is 19.2 Å². The molecule has 0 aromatic heterocycles. The molecule has 0 radical (unpaired) electrons. The van der Waals surface area contributed by atoms with Crippen LogP contribution in [0, 0.1) is 0 Å². The van der Waals surface area contributed by atoms with Crippen molar-refractivity contribution in [1.29, 1.82) is 0 Å². The summed E-state index contributed by atoms with van der Waals surface area (Å²) in [6.45, 7) is 2.25. The molecule has 0 heterocycles. The first-order chi connectivity index (χ1) is 10.5. The van der Waals surface area contributed by atoms with E-state index in [9.17, 15) is 4.79 Å². The lowest BCUT2D eigenvalue weighted by atomic mass is 9.95. The van der Waals surface area contributed by atoms with Gasteiger partial charge in [0.1, 0.15) is 5.60 Å². The zero-order valence-corrected chi connectivity index (χ0v) is 14.7. The summed E-state index contributed by atoms with van der Waals surface area (Å²) < 4.78 is 6.37. The van der Waals surface area contributed by atoms with Crippen LogP contribution >= 0.6 is 27.5 Å². The van der Waals surface area contributed by atoms with Crippen molar-refractivity contribution < 1.29 is 9.53 Å². The lowest BCUT2D eigenvalue weighted by Gasteiger charge is -2.29. The van der Waals surface area contributed by atoms with Gasteiger partial charge in [0, 0.05) is 16.6 Å². The molecule has 1 N–H and O–H groups in total. The largest absolute Gasteiger partial charge is 0.372 e. The van der Waals surface area contributed by atoms with E-state index in [2.05, 4.69) is 21.2 Å². The number of halogens is 2. The summed E-state index contributed by atoms with van der Waals surface area (Å²) in [5.74, 6) is -0.155. The highest BCUT2D eigenvalue weighted by molar-refractivity contribution is 9.10. The molecule has 0 spiro atoms. The third kappa shape index (κ3) is 3.88. The van der Waals surface area contributed by atoms with Crippen LogP contribution in [0.5, 0.6) is 0 Å². The minimum absolute atomic E-state index is 0.155. The van der Waals surface area contributed by atoms with Crippen molar-refractivity contribution in [2.24, 2.45) is 0 Å². The van der Waals surface area contributed by atoms with Crippen molar-refractivity contribution in [1.82, 2.24) is 5.32 Å². The number of methoxy groups -OCH3 is 1. The first-order valence-electron chi connectivity index (χ1n) is 6.80. The van der Waals surface area contributed by atoms with E-state index < -0.39 is 5.60 Å². The molecule has 1 unspecified atom stereocenters. The Morgan fingerprint density at radius 1 is 1.27 bits per heavy atom. The molecule has 0 aliphatic carbocycles. The van der Waals surface area contributed by atoms with Crippen LogP contribution in [-0.2, 0) is 10.3 Å².